The van der Waals surface area contributed by atoms with Crippen LogP contribution in [0.25, 0.3) is 0 Å². The van der Waals surface area contributed by atoms with Crippen LogP contribution >= 0.6 is 11.8 Å². The highest BCUT2D eigenvalue weighted by Gasteiger charge is 2.30. The second-order valence-corrected chi connectivity index (χ2v) is 7.89. The van der Waals surface area contributed by atoms with Gasteiger partial charge in [0.15, 0.2) is 9.84 Å². The van der Waals surface area contributed by atoms with Crippen molar-refractivity contribution in [2.75, 3.05) is 37.5 Å². The molecule has 1 fully saturated rings. The van der Waals surface area contributed by atoms with Crippen LogP contribution < -0.4 is 0 Å². The number of thioether (sulfide) groups is 1. The molecule has 0 aliphatic carbocycles. The molecule has 0 bridgehead atoms. The van der Waals surface area contributed by atoms with E-state index in [1.807, 2.05) is 0 Å². The molecular formula is C11H23NO3S2. The van der Waals surface area contributed by atoms with Gasteiger partial charge in [-0.25, -0.2) is 8.42 Å². The maximum atomic E-state index is 11.6. The maximum Gasteiger partial charge on any atom is 0.164 e. The molecule has 1 atom stereocenters. The summed E-state index contributed by atoms with van der Waals surface area (Å²) in [6.07, 6.45) is 5.31. The number of aliphatic hydroxyl groups is 1. The van der Waals surface area contributed by atoms with Crippen molar-refractivity contribution in [3.8, 4) is 0 Å². The van der Waals surface area contributed by atoms with Gasteiger partial charge < -0.3 is 5.11 Å². The van der Waals surface area contributed by atoms with Crippen LogP contribution in [-0.4, -0.2) is 61.3 Å². The van der Waals surface area contributed by atoms with Gasteiger partial charge in [-0.2, -0.15) is 11.8 Å². The molecule has 1 aliphatic heterocycles. The molecule has 0 amide bonds. The predicted octanol–water partition coefficient (Wildman–Crippen LogP) is 0.959. The molecular weight excluding hydrogens is 258 g/mol. The minimum absolute atomic E-state index is 0.256. The molecule has 0 radical (unpaired) electrons. The summed E-state index contributed by atoms with van der Waals surface area (Å²) in [5.41, 5.74) is 0. The molecule has 0 aromatic carbocycles. The number of aliphatic hydroxyl groups excluding tert-OH is 1. The molecule has 1 aliphatic rings. The molecule has 0 aromatic heterocycles. The lowest BCUT2D eigenvalue weighted by Crippen LogP contribution is -2.47. The van der Waals surface area contributed by atoms with Crippen LogP contribution in [0.5, 0.6) is 0 Å². The molecule has 0 spiro atoms. The van der Waals surface area contributed by atoms with Crippen molar-refractivity contribution in [3.63, 3.8) is 0 Å². The SMILES string of the molecule is CS(=O)(=O)C1CSCCN1CCCCCCO. The van der Waals surface area contributed by atoms with Crippen molar-refractivity contribution in [1.29, 1.82) is 0 Å². The average Bonchev–Trinajstić information content (AvgIpc) is 2.28. The monoisotopic (exact) mass is 281 g/mol. The highest BCUT2D eigenvalue weighted by molar-refractivity contribution is 8.00. The largest absolute Gasteiger partial charge is 0.396 e. The van der Waals surface area contributed by atoms with Crippen molar-refractivity contribution in [3.05, 3.63) is 0 Å². The number of nitrogens with zero attached hydrogens (tertiary/aromatic N) is 1. The van der Waals surface area contributed by atoms with Gasteiger partial charge in [0.25, 0.3) is 0 Å². The highest BCUT2D eigenvalue weighted by atomic mass is 32.2. The number of sulfone groups is 1. The first kappa shape index (κ1) is 15.3. The molecule has 1 heterocycles. The quantitative estimate of drug-likeness (QED) is 0.704. The summed E-state index contributed by atoms with van der Waals surface area (Å²) in [6, 6.07) is 0. The molecule has 6 heteroatoms. The van der Waals surface area contributed by atoms with E-state index in [-0.39, 0.29) is 12.0 Å². The zero-order valence-electron chi connectivity index (χ0n) is 10.5. The Morgan fingerprint density at radius 1 is 1.29 bits per heavy atom. The standard InChI is InChI=1S/C11H23NO3S2/c1-17(14,15)11-10-16-9-7-12(11)6-4-2-3-5-8-13/h11,13H,2-10H2,1H3. The zero-order valence-corrected chi connectivity index (χ0v) is 12.1. The fraction of sp³-hybridized carbons (Fsp3) is 1.00. The van der Waals surface area contributed by atoms with Crippen molar-refractivity contribution in [1.82, 2.24) is 4.90 Å². The lowest BCUT2D eigenvalue weighted by atomic mass is 10.2. The Kier molecular flexibility index (Phi) is 6.84. The Hall–Kier alpha value is 0.220. The Balaban J connectivity index is 2.33. The number of hydrogen-bond donors (Lipinski definition) is 1. The van der Waals surface area contributed by atoms with Crippen LogP contribution in [-0.2, 0) is 9.84 Å². The number of hydrogen-bond acceptors (Lipinski definition) is 5. The van der Waals surface area contributed by atoms with Crippen LogP contribution in [0.15, 0.2) is 0 Å². The highest BCUT2D eigenvalue weighted by Crippen LogP contribution is 2.20. The van der Waals surface area contributed by atoms with Gasteiger partial charge in [-0.15, -0.1) is 0 Å². The van der Waals surface area contributed by atoms with Crippen molar-refractivity contribution >= 4 is 21.6 Å². The summed E-state index contributed by atoms with van der Waals surface area (Å²) in [7, 11) is -2.96. The number of rotatable bonds is 7. The predicted molar refractivity (Wildman–Crippen MR) is 73.1 cm³/mol. The fourth-order valence-electron chi connectivity index (χ4n) is 2.05. The van der Waals surface area contributed by atoms with Crippen molar-refractivity contribution < 1.29 is 13.5 Å². The summed E-state index contributed by atoms with van der Waals surface area (Å²) in [5, 5.41) is 8.38. The minimum atomic E-state index is -2.96. The van der Waals surface area contributed by atoms with E-state index in [9.17, 15) is 8.42 Å². The van der Waals surface area contributed by atoms with Gasteiger partial charge >= 0.3 is 0 Å². The first-order chi connectivity index (χ1) is 8.05. The molecule has 17 heavy (non-hydrogen) atoms. The van der Waals surface area contributed by atoms with E-state index in [0.29, 0.717) is 5.75 Å². The Labute approximate surface area is 109 Å². The lowest BCUT2D eigenvalue weighted by Gasteiger charge is -2.33. The minimum Gasteiger partial charge on any atom is -0.396 e. The topological polar surface area (TPSA) is 57.6 Å². The van der Waals surface area contributed by atoms with Gasteiger partial charge in [0.1, 0.15) is 5.37 Å². The average molecular weight is 281 g/mol. The van der Waals surface area contributed by atoms with E-state index in [1.165, 1.54) is 6.26 Å². The fourth-order valence-corrected chi connectivity index (χ4v) is 5.02. The van der Waals surface area contributed by atoms with Crippen LogP contribution in [0.2, 0.25) is 0 Å². The van der Waals surface area contributed by atoms with E-state index in [1.54, 1.807) is 11.8 Å². The van der Waals surface area contributed by atoms with E-state index in [0.717, 1.165) is 44.5 Å². The Morgan fingerprint density at radius 2 is 2.00 bits per heavy atom. The molecule has 4 nitrogen and oxygen atoms in total. The Bertz CT molecular complexity index is 306. The van der Waals surface area contributed by atoms with Gasteiger partial charge in [0.05, 0.1) is 0 Å². The van der Waals surface area contributed by atoms with Crippen LogP contribution in [0.4, 0.5) is 0 Å². The summed E-state index contributed by atoms with van der Waals surface area (Å²) in [6.45, 7) is 2.00. The van der Waals surface area contributed by atoms with Crippen LogP contribution in [0.1, 0.15) is 25.7 Å². The number of unbranched alkanes of at least 4 members (excludes halogenated alkanes) is 3. The lowest BCUT2D eigenvalue weighted by molar-refractivity contribution is 0.257. The van der Waals surface area contributed by atoms with E-state index >= 15 is 0 Å². The van der Waals surface area contributed by atoms with Gasteiger partial charge in [-0.3, -0.25) is 4.90 Å². The summed E-state index contributed by atoms with van der Waals surface area (Å²) in [4.78, 5) is 2.10. The maximum absolute atomic E-state index is 11.6. The smallest absolute Gasteiger partial charge is 0.164 e. The molecule has 1 N–H and O–H groups in total. The van der Waals surface area contributed by atoms with Gasteiger partial charge in [-0.05, 0) is 19.4 Å². The molecule has 1 unspecified atom stereocenters. The Morgan fingerprint density at radius 3 is 2.65 bits per heavy atom. The molecule has 102 valence electrons. The van der Waals surface area contributed by atoms with Crippen LogP contribution in [0.3, 0.4) is 0 Å². The third kappa shape index (κ3) is 5.59. The molecule has 1 saturated heterocycles. The second kappa shape index (κ2) is 7.61. The second-order valence-electron chi connectivity index (χ2n) is 4.53. The molecule has 0 aromatic rings. The molecule has 0 saturated carbocycles. The zero-order chi connectivity index (χ0) is 12.7. The molecule has 1 rings (SSSR count). The van der Waals surface area contributed by atoms with E-state index in [4.69, 9.17) is 5.11 Å². The first-order valence-electron chi connectivity index (χ1n) is 6.17. The van der Waals surface area contributed by atoms with Crippen LogP contribution in [0, 0.1) is 0 Å². The first-order valence-corrected chi connectivity index (χ1v) is 9.28. The van der Waals surface area contributed by atoms with E-state index in [2.05, 4.69) is 4.90 Å². The van der Waals surface area contributed by atoms with Gasteiger partial charge in [-0.1, -0.05) is 12.8 Å². The normalized spacial score (nSPS) is 22.8. The third-order valence-corrected chi connectivity index (χ3v) is 5.73. The summed E-state index contributed by atoms with van der Waals surface area (Å²) in [5.74, 6) is 1.73. The van der Waals surface area contributed by atoms with Crippen molar-refractivity contribution in [2.24, 2.45) is 0 Å². The van der Waals surface area contributed by atoms with Crippen molar-refractivity contribution in [2.45, 2.75) is 31.1 Å². The summed E-state index contributed by atoms with van der Waals surface area (Å²) < 4.78 is 23.3. The summed E-state index contributed by atoms with van der Waals surface area (Å²) >= 11 is 1.73. The van der Waals surface area contributed by atoms with Gasteiger partial charge in [0, 0.05) is 30.9 Å². The third-order valence-electron chi connectivity index (χ3n) is 3.04. The van der Waals surface area contributed by atoms with E-state index < -0.39 is 9.84 Å². The van der Waals surface area contributed by atoms with Gasteiger partial charge in [0.2, 0.25) is 0 Å².